The second-order valence-corrected chi connectivity index (χ2v) is 4.91. The molecule has 0 N–H and O–H groups in total. The van der Waals surface area contributed by atoms with E-state index in [0.29, 0.717) is 23.2 Å². The lowest BCUT2D eigenvalue weighted by molar-refractivity contribution is -0.138. The molecule has 0 aliphatic rings. The zero-order chi connectivity index (χ0) is 15.7. The van der Waals surface area contributed by atoms with Crippen molar-refractivity contribution in [1.82, 2.24) is 9.38 Å². The fourth-order valence-corrected chi connectivity index (χ4v) is 2.35. The molecular formula is C16H11F3N2O. The highest BCUT2D eigenvalue weighted by molar-refractivity contribution is 5.76. The van der Waals surface area contributed by atoms with Crippen LogP contribution in [0.3, 0.4) is 0 Å². The minimum Gasteiger partial charge on any atom is -0.307 e. The summed E-state index contributed by atoms with van der Waals surface area (Å²) in [5.41, 5.74) is 1.04. The second kappa shape index (κ2) is 5.29. The van der Waals surface area contributed by atoms with E-state index in [2.05, 4.69) is 4.98 Å². The van der Waals surface area contributed by atoms with Crippen LogP contribution < -0.4 is 0 Å². The van der Waals surface area contributed by atoms with Crippen LogP contribution in [0.15, 0.2) is 48.8 Å². The summed E-state index contributed by atoms with van der Waals surface area (Å²) in [6.07, 6.45) is -0.288. The number of nitrogens with zero attached hydrogens (tertiary/aromatic N) is 2. The molecule has 3 nitrogen and oxygen atoms in total. The Morgan fingerprint density at radius 3 is 2.68 bits per heavy atom. The summed E-state index contributed by atoms with van der Waals surface area (Å²) in [5, 5.41) is 0. The SMILES string of the molecule is O=Cc1ccn2cc(Cc3ccccc3C(F)(F)F)nc2c1. The van der Waals surface area contributed by atoms with Gasteiger partial charge in [-0.3, -0.25) is 4.79 Å². The number of fused-ring (bicyclic) bond motifs is 1. The summed E-state index contributed by atoms with van der Waals surface area (Å²) in [6.45, 7) is 0. The summed E-state index contributed by atoms with van der Waals surface area (Å²) in [5.74, 6) is 0. The van der Waals surface area contributed by atoms with Crippen LogP contribution in [0.5, 0.6) is 0 Å². The zero-order valence-corrected chi connectivity index (χ0v) is 11.3. The van der Waals surface area contributed by atoms with E-state index < -0.39 is 11.7 Å². The Labute approximate surface area is 124 Å². The number of halogens is 3. The van der Waals surface area contributed by atoms with Gasteiger partial charge in [-0.05, 0) is 23.8 Å². The lowest BCUT2D eigenvalue weighted by Gasteiger charge is -2.11. The Kier molecular flexibility index (Phi) is 3.44. The van der Waals surface area contributed by atoms with Crippen LogP contribution >= 0.6 is 0 Å². The number of carbonyl (C=O) groups excluding carboxylic acids is 1. The van der Waals surface area contributed by atoms with Gasteiger partial charge in [-0.1, -0.05) is 18.2 Å². The van der Waals surface area contributed by atoms with Crippen molar-refractivity contribution in [2.45, 2.75) is 12.6 Å². The number of aromatic nitrogens is 2. The number of imidazole rings is 1. The maximum atomic E-state index is 13.0. The highest BCUT2D eigenvalue weighted by atomic mass is 19.4. The first-order valence-corrected chi connectivity index (χ1v) is 6.55. The van der Waals surface area contributed by atoms with Crippen LogP contribution in [0.1, 0.15) is 27.2 Å². The summed E-state index contributed by atoms with van der Waals surface area (Å²) in [6, 6.07) is 8.66. The molecule has 0 spiro atoms. The van der Waals surface area contributed by atoms with Crippen molar-refractivity contribution in [3.8, 4) is 0 Å². The topological polar surface area (TPSA) is 34.4 Å². The van der Waals surface area contributed by atoms with Crippen LogP contribution in [0, 0.1) is 0 Å². The standard InChI is InChI=1S/C16H11F3N2O/c17-16(18,19)14-4-2-1-3-12(14)8-13-9-21-6-5-11(10-22)7-15(21)20-13/h1-7,9-10H,8H2. The van der Waals surface area contributed by atoms with Gasteiger partial charge < -0.3 is 4.40 Å². The molecule has 0 aliphatic carbocycles. The first-order valence-electron chi connectivity index (χ1n) is 6.55. The monoisotopic (exact) mass is 304 g/mol. The largest absolute Gasteiger partial charge is 0.416 e. The fraction of sp³-hybridized carbons (Fsp3) is 0.125. The van der Waals surface area contributed by atoms with Gasteiger partial charge in [0.05, 0.1) is 11.3 Å². The summed E-state index contributed by atoms with van der Waals surface area (Å²) in [4.78, 5) is 15.0. The van der Waals surface area contributed by atoms with Crippen molar-refractivity contribution in [2.75, 3.05) is 0 Å². The Morgan fingerprint density at radius 1 is 1.18 bits per heavy atom. The molecular weight excluding hydrogens is 293 g/mol. The zero-order valence-electron chi connectivity index (χ0n) is 11.3. The quantitative estimate of drug-likeness (QED) is 0.691. The predicted octanol–water partition coefficient (Wildman–Crippen LogP) is 3.76. The van der Waals surface area contributed by atoms with E-state index >= 15 is 0 Å². The fourth-order valence-electron chi connectivity index (χ4n) is 2.35. The van der Waals surface area contributed by atoms with Gasteiger partial charge in [0.25, 0.3) is 0 Å². The van der Waals surface area contributed by atoms with Crippen molar-refractivity contribution in [3.63, 3.8) is 0 Å². The molecule has 0 saturated carbocycles. The Morgan fingerprint density at radius 2 is 1.95 bits per heavy atom. The highest BCUT2D eigenvalue weighted by Gasteiger charge is 2.32. The highest BCUT2D eigenvalue weighted by Crippen LogP contribution is 2.32. The van der Waals surface area contributed by atoms with E-state index in [9.17, 15) is 18.0 Å². The van der Waals surface area contributed by atoms with Crippen LogP contribution in [0.25, 0.3) is 5.65 Å². The minimum atomic E-state index is -4.39. The van der Waals surface area contributed by atoms with Crippen molar-refractivity contribution in [2.24, 2.45) is 0 Å². The molecule has 1 aromatic carbocycles. The van der Waals surface area contributed by atoms with E-state index in [1.54, 1.807) is 35.0 Å². The third kappa shape index (κ3) is 2.72. The minimum absolute atomic E-state index is 0.0772. The number of carbonyl (C=O) groups is 1. The van der Waals surface area contributed by atoms with Crippen LogP contribution in [0.2, 0.25) is 0 Å². The second-order valence-electron chi connectivity index (χ2n) is 4.91. The van der Waals surface area contributed by atoms with Gasteiger partial charge in [-0.2, -0.15) is 13.2 Å². The van der Waals surface area contributed by atoms with Gasteiger partial charge in [-0.25, -0.2) is 4.98 Å². The number of hydrogen-bond donors (Lipinski definition) is 0. The molecule has 112 valence electrons. The van der Waals surface area contributed by atoms with Gasteiger partial charge in [-0.15, -0.1) is 0 Å². The van der Waals surface area contributed by atoms with E-state index in [1.165, 1.54) is 12.1 Å². The Hall–Kier alpha value is -2.63. The molecule has 2 aromatic heterocycles. The van der Waals surface area contributed by atoms with Crippen LogP contribution in [0.4, 0.5) is 13.2 Å². The Balaban J connectivity index is 1.99. The van der Waals surface area contributed by atoms with Crippen molar-refractivity contribution in [3.05, 3.63) is 71.2 Å². The molecule has 0 fully saturated rings. The van der Waals surface area contributed by atoms with Crippen molar-refractivity contribution in [1.29, 1.82) is 0 Å². The molecule has 22 heavy (non-hydrogen) atoms. The molecule has 0 unspecified atom stereocenters. The normalized spacial score (nSPS) is 11.8. The van der Waals surface area contributed by atoms with E-state index in [0.717, 1.165) is 6.07 Å². The maximum absolute atomic E-state index is 13.0. The van der Waals surface area contributed by atoms with Crippen LogP contribution in [-0.2, 0) is 12.6 Å². The lowest BCUT2D eigenvalue weighted by atomic mass is 10.0. The number of benzene rings is 1. The van der Waals surface area contributed by atoms with Gasteiger partial charge in [0.2, 0.25) is 0 Å². The van der Waals surface area contributed by atoms with E-state index in [4.69, 9.17) is 0 Å². The molecule has 0 aliphatic heterocycles. The molecule has 0 bridgehead atoms. The molecule has 0 radical (unpaired) electrons. The van der Waals surface area contributed by atoms with Gasteiger partial charge in [0.1, 0.15) is 11.9 Å². The smallest absolute Gasteiger partial charge is 0.307 e. The third-order valence-electron chi connectivity index (χ3n) is 3.36. The number of pyridine rings is 1. The molecule has 6 heteroatoms. The molecule has 3 rings (SSSR count). The summed E-state index contributed by atoms with van der Waals surface area (Å²) in [7, 11) is 0. The number of rotatable bonds is 3. The molecule has 0 amide bonds. The number of hydrogen-bond acceptors (Lipinski definition) is 2. The summed E-state index contributed by atoms with van der Waals surface area (Å²) >= 11 is 0. The first kappa shape index (κ1) is 14.3. The van der Waals surface area contributed by atoms with Crippen molar-refractivity contribution >= 4 is 11.9 Å². The van der Waals surface area contributed by atoms with Gasteiger partial charge in [0, 0.05) is 24.4 Å². The average molecular weight is 304 g/mol. The first-order chi connectivity index (χ1) is 10.5. The van der Waals surface area contributed by atoms with Crippen LogP contribution in [-0.4, -0.2) is 15.7 Å². The number of aldehydes is 1. The molecule has 0 saturated heterocycles. The summed E-state index contributed by atoms with van der Waals surface area (Å²) < 4.78 is 40.6. The molecule has 2 heterocycles. The van der Waals surface area contributed by atoms with Gasteiger partial charge in [0.15, 0.2) is 0 Å². The Bertz CT molecular complexity index is 837. The average Bonchev–Trinajstić information content (AvgIpc) is 2.87. The van der Waals surface area contributed by atoms with Crippen molar-refractivity contribution < 1.29 is 18.0 Å². The van der Waals surface area contributed by atoms with E-state index in [-0.39, 0.29) is 12.0 Å². The number of alkyl halides is 3. The molecule has 0 atom stereocenters. The van der Waals surface area contributed by atoms with E-state index in [1.807, 2.05) is 0 Å². The maximum Gasteiger partial charge on any atom is 0.416 e. The third-order valence-corrected chi connectivity index (χ3v) is 3.36. The molecule has 3 aromatic rings. The lowest BCUT2D eigenvalue weighted by Crippen LogP contribution is -2.09. The predicted molar refractivity (Wildman–Crippen MR) is 74.8 cm³/mol. The van der Waals surface area contributed by atoms with Gasteiger partial charge >= 0.3 is 6.18 Å².